The highest BCUT2D eigenvalue weighted by molar-refractivity contribution is 8.01. The number of hydrogen-bond donors (Lipinski definition) is 2. The van der Waals surface area contributed by atoms with E-state index in [4.69, 9.17) is 9.84 Å². The van der Waals surface area contributed by atoms with Crippen LogP contribution in [-0.2, 0) is 4.79 Å². The predicted octanol–water partition coefficient (Wildman–Crippen LogP) is 2.53. The second-order valence-electron chi connectivity index (χ2n) is 4.34. The molecule has 0 amide bonds. The zero-order chi connectivity index (χ0) is 13.3. The Balaban J connectivity index is 2.33. The molecule has 0 bridgehead atoms. The predicted molar refractivity (Wildman–Crippen MR) is 70.2 cm³/mol. The molecule has 6 heteroatoms. The van der Waals surface area contributed by atoms with Crippen molar-refractivity contribution in [1.82, 2.24) is 9.97 Å². The average Bonchev–Trinajstić information content (AvgIpc) is 2.68. The number of aromatic nitrogens is 2. The summed E-state index contributed by atoms with van der Waals surface area (Å²) in [6.45, 7) is 3.29. The lowest BCUT2D eigenvalue weighted by Crippen LogP contribution is -2.27. The van der Waals surface area contributed by atoms with Crippen molar-refractivity contribution in [2.24, 2.45) is 0 Å². The first-order chi connectivity index (χ1) is 8.42. The Labute approximate surface area is 109 Å². The molecule has 0 unspecified atom stereocenters. The van der Waals surface area contributed by atoms with Crippen LogP contribution in [0.5, 0.6) is 5.75 Å². The Morgan fingerprint density at radius 1 is 1.50 bits per heavy atom. The first kappa shape index (κ1) is 12.8. The zero-order valence-electron chi connectivity index (χ0n) is 10.4. The van der Waals surface area contributed by atoms with Crippen LogP contribution in [0.25, 0.3) is 11.0 Å². The van der Waals surface area contributed by atoms with Gasteiger partial charge in [-0.2, -0.15) is 0 Å². The van der Waals surface area contributed by atoms with Crippen LogP contribution in [0.2, 0.25) is 0 Å². The average molecular weight is 266 g/mol. The maximum Gasteiger partial charge on any atom is 0.319 e. The number of fused-ring (bicyclic) bond motifs is 1. The summed E-state index contributed by atoms with van der Waals surface area (Å²) in [5, 5.41) is 9.67. The summed E-state index contributed by atoms with van der Waals surface area (Å²) in [5.74, 6) is -0.134. The van der Waals surface area contributed by atoms with Gasteiger partial charge < -0.3 is 14.8 Å². The third kappa shape index (κ3) is 2.43. The minimum Gasteiger partial charge on any atom is -0.497 e. The zero-order valence-corrected chi connectivity index (χ0v) is 11.2. The van der Waals surface area contributed by atoms with Gasteiger partial charge in [-0.1, -0.05) is 11.8 Å². The number of nitrogens with zero attached hydrogens (tertiary/aromatic N) is 1. The Kier molecular flexibility index (Phi) is 3.21. The van der Waals surface area contributed by atoms with Gasteiger partial charge in [-0.3, -0.25) is 4.79 Å². The van der Waals surface area contributed by atoms with E-state index in [1.165, 1.54) is 11.8 Å². The number of carboxylic acid groups (broad SMARTS) is 1. The van der Waals surface area contributed by atoms with E-state index in [2.05, 4.69) is 9.97 Å². The number of H-pyrrole nitrogens is 1. The van der Waals surface area contributed by atoms with Crippen LogP contribution in [0, 0.1) is 0 Å². The molecule has 1 aromatic heterocycles. The molecule has 0 spiro atoms. The maximum atomic E-state index is 11.1. The molecule has 5 nitrogen and oxygen atoms in total. The van der Waals surface area contributed by atoms with Gasteiger partial charge in [0.25, 0.3) is 0 Å². The molecule has 0 saturated heterocycles. The fraction of sp³-hybridized carbons (Fsp3) is 0.333. The Morgan fingerprint density at radius 3 is 2.83 bits per heavy atom. The normalized spacial score (nSPS) is 11.7. The number of aliphatic carboxylic acids is 1. The fourth-order valence-corrected chi connectivity index (χ4v) is 2.30. The molecule has 96 valence electrons. The number of methoxy groups -OCH3 is 1. The van der Waals surface area contributed by atoms with E-state index in [1.807, 2.05) is 18.2 Å². The minimum atomic E-state index is -0.919. The van der Waals surface area contributed by atoms with Crippen LogP contribution in [0.3, 0.4) is 0 Å². The number of ether oxygens (including phenoxy) is 1. The van der Waals surface area contributed by atoms with Crippen molar-refractivity contribution in [3.63, 3.8) is 0 Å². The highest BCUT2D eigenvalue weighted by Crippen LogP contribution is 2.32. The van der Waals surface area contributed by atoms with E-state index in [0.717, 1.165) is 16.8 Å². The summed E-state index contributed by atoms with van der Waals surface area (Å²) in [5.41, 5.74) is 1.62. The number of carboxylic acids is 1. The maximum absolute atomic E-state index is 11.1. The number of rotatable bonds is 4. The topological polar surface area (TPSA) is 75.2 Å². The summed E-state index contributed by atoms with van der Waals surface area (Å²) < 4.78 is 4.20. The molecule has 18 heavy (non-hydrogen) atoms. The van der Waals surface area contributed by atoms with E-state index in [1.54, 1.807) is 21.0 Å². The second-order valence-corrected chi connectivity index (χ2v) is 5.95. The van der Waals surface area contributed by atoms with Gasteiger partial charge in [0.15, 0.2) is 5.16 Å². The quantitative estimate of drug-likeness (QED) is 0.832. The third-order valence-electron chi connectivity index (χ3n) is 2.53. The molecule has 1 aromatic carbocycles. The smallest absolute Gasteiger partial charge is 0.319 e. The van der Waals surface area contributed by atoms with Crippen LogP contribution in [0.1, 0.15) is 13.8 Å². The number of nitrogens with one attached hydrogen (secondary N) is 1. The van der Waals surface area contributed by atoms with Crippen molar-refractivity contribution in [3.05, 3.63) is 18.2 Å². The molecule has 0 atom stereocenters. The van der Waals surface area contributed by atoms with Gasteiger partial charge in [0.1, 0.15) is 10.5 Å². The summed E-state index contributed by atoms with van der Waals surface area (Å²) in [6, 6.07) is 5.49. The molecule has 0 aliphatic rings. The molecular weight excluding hydrogens is 252 g/mol. The molecule has 0 fully saturated rings. The number of aromatic amines is 1. The molecule has 0 radical (unpaired) electrons. The lowest BCUT2D eigenvalue weighted by molar-refractivity contribution is -0.138. The van der Waals surface area contributed by atoms with Crippen LogP contribution >= 0.6 is 11.8 Å². The first-order valence-electron chi connectivity index (χ1n) is 5.38. The lowest BCUT2D eigenvalue weighted by atomic mass is 10.2. The van der Waals surface area contributed by atoms with Crippen molar-refractivity contribution in [3.8, 4) is 5.75 Å². The number of benzene rings is 1. The van der Waals surface area contributed by atoms with Gasteiger partial charge in [-0.15, -0.1) is 0 Å². The molecule has 0 aliphatic heterocycles. The Hall–Kier alpha value is -1.69. The fourth-order valence-electron chi connectivity index (χ4n) is 1.43. The van der Waals surface area contributed by atoms with Crippen molar-refractivity contribution < 1.29 is 14.6 Å². The summed E-state index contributed by atoms with van der Waals surface area (Å²) in [7, 11) is 1.60. The van der Waals surface area contributed by atoms with Gasteiger partial charge in [0.05, 0.1) is 18.1 Å². The molecule has 1 heterocycles. The number of hydrogen-bond acceptors (Lipinski definition) is 4. The Bertz CT molecular complexity index is 592. The van der Waals surface area contributed by atoms with E-state index in [0.29, 0.717) is 5.16 Å². The monoisotopic (exact) mass is 266 g/mol. The lowest BCUT2D eigenvalue weighted by Gasteiger charge is -2.15. The largest absolute Gasteiger partial charge is 0.497 e. The van der Waals surface area contributed by atoms with Gasteiger partial charge in [-0.25, -0.2) is 4.98 Å². The van der Waals surface area contributed by atoms with Crippen molar-refractivity contribution >= 4 is 28.8 Å². The number of thioether (sulfide) groups is 1. The molecule has 2 rings (SSSR count). The SMILES string of the molecule is COc1ccc2nc(SC(C)(C)C(=O)O)[nH]c2c1. The van der Waals surface area contributed by atoms with Crippen LogP contribution in [0.4, 0.5) is 0 Å². The summed E-state index contributed by atoms with van der Waals surface area (Å²) in [4.78, 5) is 18.5. The van der Waals surface area contributed by atoms with Gasteiger partial charge in [0, 0.05) is 6.07 Å². The summed E-state index contributed by atoms with van der Waals surface area (Å²) in [6.07, 6.45) is 0. The van der Waals surface area contributed by atoms with Crippen LogP contribution < -0.4 is 4.74 Å². The second kappa shape index (κ2) is 4.53. The van der Waals surface area contributed by atoms with E-state index < -0.39 is 10.7 Å². The molecular formula is C12H14N2O3S. The van der Waals surface area contributed by atoms with Gasteiger partial charge >= 0.3 is 5.97 Å². The van der Waals surface area contributed by atoms with Crippen LogP contribution in [-0.4, -0.2) is 32.9 Å². The van der Waals surface area contributed by atoms with Crippen molar-refractivity contribution in [1.29, 1.82) is 0 Å². The summed E-state index contributed by atoms with van der Waals surface area (Å²) >= 11 is 1.19. The van der Waals surface area contributed by atoms with Gasteiger partial charge in [-0.05, 0) is 26.0 Å². The van der Waals surface area contributed by atoms with E-state index >= 15 is 0 Å². The number of imidazole rings is 1. The third-order valence-corrected chi connectivity index (χ3v) is 3.61. The van der Waals surface area contributed by atoms with Crippen molar-refractivity contribution in [2.75, 3.05) is 7.11 Å². The molecule has 2 aromatic rings. The minimum absolute atomic E-state index is 0.589. The standard InChI is InChI=1S/C12H14N2O3S/c1-12(2,10(15)16)18-11-13-8-5-4-7(17-3)6-9(8)14-11/h4-6H,1-3H3,(H,13,14)(H,15,16). The Morgan fingerprint density at radius 2 is 2.22 bits per heavy atom. The van der Waals surface area contributed by atoms with E-state index in [-0.39, 0.29) is 0 Å². The molecule has 2 N–H and O–H groups in total. The van der Waals surface area contributed by atoms with Crippen molar-refractivity contribution in [2.45, 2.75) is 23.8 Å². The van der Waals surface area contributed by atoms with E-state index in [9.17, 15) is 4.79 Å². The van der Waals surface area contributed by atoms with Crippen LogP contribution in [0.15, 0.2) is 23.4 Å². The molecule has 0 aliphatic carbocycles. The molecule has 0 saturated carbocycles. The highest BCUT2D eigenvalue weighted by atomic mass is 32.2. The first-order valence-corrected chi connectivity index (χ1v) is 6.20. The number of carbonyl (C=O) groups is 1. The highest BCUT2D eigenvalue weighted by Gasteiger charge is 2.29. The van der Waals surface area contributed by atoms with Gasteiger partial charge in [0.2, 0.25) is 0 Å².